The number of nitrogens with zero attached hydrogens (tertiary/aromatic N) is 2. The maximum atomic E-state index is 13.3. The van der Waals surface area contributed by atoms with Gasteiger partial charge in [0, 0.05) is 31.9 Å². The molecule has 2 aliphatic rings. The molecule has 2 aromatic carbocycles. The number of piperazine rings is 1. The van der Waals surface area contributed by atoms with Crippen LogP contribution in [0.25, 0.3) is 0 Å². The molecule has 9 nitrogen and oxygen atoms in total. The molecular weight excluding hydrogens is 432 g/mol. The molecule has 0 unspecified atom stereocenters. The van der Waals surface area contributed by atoms with Gasteiger partial charge in [0.25, 0.3) is 0 Å². The number of anilines is 1. The standard InChI is InChI=1S/C22H26N4O5S/c27-20-16-25(10-9-23-20)21(17-5-2-1-3-6-17)22(28)24-18-7-4-8-19(15-18)32(29,30)26-11-13-31-14-12-26/h1-8,15,21H,9-14,16H2,(H,23,27)(H,24,28)/t21-/m1/s1. The number of hydrogen-bond acceptors (Lipinski definition) is 6. The predicted molar refractivity (Wildman–Crippen MR) is 118 cm³/mol. The van der Waals surface area contributed by atoms with Crippen LogP contribution >= 0.6 is 0 Å². The number of carbonyl (C=O) groups excluding carboxylic acids is 2. The van der Waals surface area contributed by atoms with E-state index in [9.17, 15) is 18.0 Å². The van der Waals surface area contributed by atoms with Crippen molar-refractivity contribution in [2.24, 2.45) is 0 Å². The van der Waals surface area contributed by atoms with Crippen LogP contribution in [0.15, 0.2) is 59.5 Å². The van der Waals surface area contributed by atoms with Crippen molar-refractivity contribution in [1.29, 1.82) is 0 Å². The lowest BCUT2D eigenvalue weighted by Crippen LogP contribution is -2.51. The smallest absolute Gasteiger partial charge is 0.246 e. The van der Waals surface area contributed by atoms with Crippen LogP contribution in [0, 0.1) is 0 Å². The SMILES string of the molecule is O=C1CN([C@@H](C(=O)Nc2cccc(S(=O)(=O)N3CCOCC3)c2)c2ccccc2)CCN1. The van der Waals surface area contributed by atoms with E-state index in [4.69, 9.17) is 4.74 Å². The molecule has 2 amide bonds. The van der Waals surface area contributed by atoms with Crippen molar-refractivity contribution in [1.82, 2.24) is 14.5 Å². The highest BCUT2D eigenvalue weighted by Crippen LogP contribution is 2.25. The normalized spacial score (nSPS) is 19.2. The number of rotatable bonds is 6. The fourth-order valence-corrected chi connectivity index (χ4v) is 5.38. The molecule has 10 heteroatoms. The molecule has 32 heavy (non-hydrogen) atoms. The summed E-state index contributed by atoms with van der Waals surface area (Å²) in [6.45, 7) is 2.42. The predicted octanol–water partition coefficient (Wildman–Crippen LogP) is 0.819. The van der Waals surface area contributed by atoms with Gasteiger partial charge in [-0.1, -0.05) is 36.4 Å². The molecule has 0 radical (unpaired) electrons. The molecule has 0 bridgehead atoms. The van der Waals surface area contributed by atoms with Crippen molar-refractivity contribution >= 4 is 27.5 Å². The Morgan fingerprint density at radius 3 is 2.50 bits per heavy atom. The highest BCUT2D eigenvalue weighted by atomic mass is 32.2. The fourth-order valence-electron chi connectivity index (χ4n) is 3.92. The molecule has 2 heterocycles. The van der Waals surface area contributed by atoms with E-state index in [0.29, 0.717) is 45.1 Å². The average molecular weight is 459 g/mol. The topological polar surface area (TPSA) is 108 Å². The molecule has 0 saturated carbocycles. The Morgan fingerprint density at radius 2 is 1.78 bits per heavy atom. The molecule has 4 rings (SSSR count). The minimum absolute atomic E-state index is 0.110. The summed E-state index contributed by atoms with van der Waals surface area (Å²) in [5.74, 6) is -0.463. The van der Waals surface area contributed by atoms with Gasteiger partial charge in [0.15, 0.2) is 0 Å². The summed E-state index contributed by atoms with van der Waals surface area (Å²) >= 11 is 0. The van der Waals surface area contributed by atoms with Crippen molar-refractivity contribution in [3.63, 3.8) is 0 Å². The fraction of sp³-hybridized carbons (Fsp3) is 0.364. The first-order chi connectivity index (χ1) is 15.4. The van der Waals surface area contributed by atoms with E-state index in [1.807, 2.05) is 35.2 Å². The minimum Gasteiger partial charge on any atom is -0.379 e. The molecule has 0 spiro atoms. The van der Waals surface area contributed by atoms with Crippen LogP contribution in [0.1, 0.15) is 11.6 Å². The van der Waals surface area contributed by atoms with E-state index in [0.717, 1.165) is 5.56 Å². The second kappa shape index (κ2) is 9.78. The molecule has 2 N–H and O–H groups in total. The van der Waals surface area contributed by atoms with Crippen LogP contribution in [0.4, 0.5) is 5.69 Å². The number of sulfonamides is 1. The average Bonchev–Trinajstić information content (AvgIpc) is 2.81. The maximum Gasteiger partial charge on any atom is 0.246 e. The van der Waals surface area contributed by atoms with E-state index < -0.39 is 16.1 Å². The first-order valence-electron chi connectivity index (χ1n) is 10.5. The number of morpholine rings is 1. The van der Waals surface area contributed by atoms with Crippen molar-refractivity contribution in [2.75, 3.05) is 51.3 Å². The lowest BCUT2D eigenvalue weighted by atomic mass is 10.0. The van der Waals surface area contributed by atoms with Crippen molar-refractivity contribution < 1.29 is 22.7 Å². The summed E-state index contributed by atoms with van der Waals surface area (Å²) in [5, 5.41) is 5.62. The maximum absolute atomic E-state index is 13.3. The third-order valence-electron chi connectivity index (χ3n) is 5.51. The molecule has 1 atom stereocenters. The van der Waals surface area contributed by atoms with Crippen molar-refractivity contribution in [3.8, 4) is 0 Å². The number of carbonyl (C=O) groups is 2. The molecule has 0 aliphatic carbocycles. The number of benzene rings is 2. The first-order valence-corrected chi connectivity index (χ1v) is 11.9. The van der Waals surface area contributed by atoms with E-state index in [-0.39, 0.29) is 23.3 Å². The zero-order valence-corrected chi connectivity index (χ0v) is 18.4. The van der Waals surface area contributed by atoms with Crippen LogP contribution < -0.4 is 10.6 Å². The Kier molecular flexibility index (Phi) is 6.85. The van der Waals surface area contributed by atoms with Crippen LogP contribution in [-0.4, -0.2) is 75.4 Å². The summed E-state index contributed by atoms with van der Waals surface area (Å²) in [7, 11) is -3.68. The summed E-state index contributed by atoms with van der Waals surface area (Å²) in [6, 6.07) is 14.8. The number of hydrogen-bond donors (Lipinski definition) is 2. The van der Waals surface area contributed by atoms with Crippen molar-refractivity contribution in [2.45, 2.75) is 10.9 Å². The minimum atomic E-state index is -3.68. The first kappa shape index (κ1) is 22.4. The van der Waals surface area contributed by atoms with Gasteiger partial charge in [-0.05, 0) is 23.8 Å². The Hall–Kier alpha value is -2.79. The van der Waals surface area contributed by atoms with Crippen LogP contribution in [0.5, 0.6) is 0 Å². The van der Waals surface area contributed by atoms with Gasteiger partial charge >= 0.3 is 0 Å². The second-order valence-corrected chi connectivity index (χ2v) is 9.61. The molecule has 2 aromatic rings. The van der Waals surface area contributed by atoms with Gasteiger partial charge in [0.05, 0.1) is 24.7 Å². The van der Waals surface area contributed by atoms with Crippen molar-refractivity contribution in [3.05, 3.63) is 60.2 Å². The lowest BCUT2D eigenvalue weighted by molar-refractivity contribution is -0.128. The highest BCUT2D eigenvalue weighted by molar-refractivity contribution is 7.89. The third-order valence-corrected chi connectivity index (χ3v) is 7.40. The summed E-state index contributed by atoms with van der Waals surface area (Å²) in [5.41, 5.74) is 1.14. The number of amides is 2. The molecule has 2 fully saturated rings. The van der Waals surface area contributed by atoms with Gasteiger partial charge in [-0.15, -0.1) is 0 Å². The quantitative estimate of drug-likeness (QED) is 0.664. The zero-order valence-electron chi connectivity index (χ0n) is 17.6. The van der Waals surface area contributed by atoms with Gasteiger partial charge < -0.3 is 15.4 Å². The summed E-state index contributed by atoms with van der Waals surface area (Å²) in [6.07, 6.45) is 0. The second-order valence-electron chi connectivity index (χ2n) is 7.67. The molecule has 170 valence electrons. The van der Waals surface area contributed by atoms with Gasteiger partial charge in [-0.2, -0.15) is 4.31 Å². The Labute approximate surface area is 187 Å². The highest BCUT2D eigenvalue weighted by Gasteiger charge is 2.32. The molecule has 0 aromatic heterocycles. The lowest BCUT2D eigenvalue weighted by Gasteiger charge is -2.33. The van der Waals surface area contributed by atoms with E-state index in [1.165, 1.54) is 16.4 Å². The Balaban J connectivity index is 1.57. The number of ether oxygens (including phenoxy) is 1. The molecule has 2 aliphatic heterocycles. The summed E-state index contributed by atoms with van der Waals surface area (Å²) in [4.78, 5) is 27.2. The Morgan fingerprint density at radius 1 is 1.03 bits per heavy atom. The Bertz CT molecular complexity index is 1070. The summed E-state index contributed by atoms with van der Waals surface area (Å²) < 4.78 is 32.6. The molecule has 2 saturated heterocycles. The molecular formula is C22H26N4O5S. The van der Waals surface area contributed by atoms with Gasteiger partial charge in [-0.3, -0.25) is 14.5 Å². The van der Waals surface area contributed by atoms with Gasteiger partial charge in [0.2, 0.25) is 21.8 Å². The van der Waals surface area contributed by atoms with Crippen LogP contribution in [0.3, 0.4) is 0 Å². The van der Waals surface area contributed by atoms with E-state index in [2.05, 4.69) is 10.6 Å². The number of nitrogens with one attached hydrogen (secondary N) is 2. The van der Waals surface area contributed by atoms with Crippen LogP contribution in [0.2, 0.25) is 0 Å². The third kappa shape index (κ3) is 4.99. The van der Waals surface area contributed by atoms with E-state index >= 15 is 0 Å². The van der Waals surface area contributed by atoms with Gasteiger partial charge in [-0.25, -0.2) is 8.42 Å². The monoisotopic (exact) mass is 458 g/mol. The van der Waals surface area contributed by atoms with Crippen LogP contribution in [-0.2, 0) is 24.3 Å². The van der Waals surface area contributed by atoms with Gasteiger partial charge in [0.1, 0.15) is 6.04 Å². The zero-order chi connectivity index (χ0) is 22.6. The largest absolute Gasteiger partial charge is 0.379 e. The van der Waals surface area contributed by atoms with E-state index in [1.54, 1.807) is 12.1 Å².